The molecule has 1 unspecified atom stereocenters. The lowest BCUT2D eigenvalue weighted by Gasteiger charge is -2.24. The number of carbonyl (C=O) groups is 1. The molecule has 28 heavy (non-hydrogen) atoms. The van der Waals surface area contributed by atoms with E-state index in [0.29, 0.717) is 16.7 Å². The van der Waals surface area contributed by atoms with Gasteiger partial charge in [0.25, 0.3) is 5.91 Å². The molecule has 0 aliphatic carbocycles. The maximum Gasteiger partial charge on any atom is 0.256 e. The summed E-state index contributed by atoms with van der Waals surface area (Å²) in [5, 5.41) is 32.8. The highest BCUT2D eigenvalue weighted by Gasteiger charge is 2.52. The normalized spacial score (nSPS) is 27.2. The van der Waals surface area contributed by atoms with Gasteiger partial charge >= 0.3 is 0 Å². The number of amides is 1. The molecule has 1 aliphatic rings. The van der Waals surface area contributed by atoms with Crippen LogP contribution in [0.25, 0.3) is 11.2 Å². The Morgan fingerprint density at radius 1 is 1.25 bits per heavy atom. The van der Waals surface area contributed by atoms with Gasteiger partial charge < -0.3 is 25.4 Å². The molecule has 1 amide bonds. The number of aromatic nitrogens is 4. The first kappa shape index (κ1) is 18.4. The van der Waals surface area contributed by atoms with E-state index in [2.05, 4.69) is 20.3 Å². The van der Waals surface area contributed by atoms with Crippen molar-refractivity contribution in [2.75, 3.05) is 11.9 Å². The van der Waals surface area contributed by atoms with Gasteiger partial charge in [-0.2, -0.15) is 0 Å². The average Bonchev–Trinajstić information content (AvgIpc) is 3.24. The van der Waals surface area contributed by atoms with E-state index in [4.69, 9.17) is 4.74 Å². The lowest BCUT2D eigenvalue weighted by atomic mass is 9.99. The van der Waals surface area contributed by atoms with Crippen LogP contribution in [0.4, 0.5) is 5.82 Å². The fourth-order valence-corrected chi connectivity index (χ4v) is 3.18. The summed E-state index contributed by atoms with van der Waals surface area (Å²) in [6.45, 7) is 1.03. The van der Waals surface area contributed by atoms with E-state index in [-0.39, 0.29) is 11.7 Å². The van der Waals surface area contributed by atoms with Crippen molar-refractivity contribution in [2.45, 2.75) is 31.0 Å². The third-order valence-electron chi connectivity index (χ3n) is 4.85. The molecule has 1 aliphatic heterocycles. The Balaban J connectivity index is 1.67. The zero-order valence-corrected chi connectivity index (χ0v) is 14.9. The summed E-state index contributed by atoms with van der Waals surface area (Å²) in [4.78, 5) is 24.9. The number of hydrogen-bond acceptors (Lipinski definition) is 8. The molecule has 4 atom stereocenters. The lowest BCUT2D eigenvalue weighted by molar-refractivity contribution is -0.115. The minimum absolute atomic E-state index is 0.204. The van der Waals surface area contributed by atoms with Gasteiger partial charge in [0.05, 0.1) is 12.9 Å². The lowest BCUT2D eigenvalue weighted by Crippen LogP contribution is -2.43. The molecule has 0 bridgehead atoms. The first-order chi connectivity index (χ1) is 13.4. The molecule has 0 spiro atoms. The molecule has 10 nitrogen and oxygen atoms in total. The number of fused-ring (bicyclic) bond motifs is 1. The summed E-state index contributed by atoms with van der Waals surface area (Å²) in [7, 11) is 0. The summed E-state index contributed by atoms with van der Waals surface area (Å²) in [6.07, 6.45) is -0.971. The van der Waals surface area contributed by atoms with Crippen molar-refractivity contribution in [1.29, 1.82) is 0 Å². The van der Waals surface area contributed by atoms with Crippen molar-refractivity contribution in [2.24, 2.45) is 0 Å². The summed E-state index contributed by atoms with van der Waals surface area (Å²) in [5.41, 5.74) is -0.255. The number of anilines is 1. The summed E-state index contributed by atoms with van der Waals surface area (Å²) < 4.78 is 7.13. The number of carbonyl (C=O) groups excluding carboxylic acids is 1. The van der Waals surface area contributed by atoms with Crippen molar-refractivity contribution in [3.8, 4) is 0 Å². The third kappa shape index (κ3) is 2.92. The average molecular weight is 385 g/mol. The van der Waals surface area contributed by atoms with Crippen LogP contribution in [0.15, 0.2) is 43.0 Å². The van der Waals surface area contributed by atoms with E-state index in [0.717, 1.165) is 0 Å². The Labute approximate surface area is 159 Å². The summed E-state index contributed by atoms with van der Waals surface area (Å²) in [6, 6.07) is 8.66. The number of rotatable bonds is 4. The van der Waals surface area contributed by atoms with Crippen LogP contribution in [0.1, 0.15) is 23.5 Å². The molecule has 1 saturated heterocycles. The molecule has 1 aromatic carbocycles. The van der Waals surface area contributed by atoms with Crippen molar-refractivity contribution >= 4 is 22.9 Å². The largest absolute Gasteiger partial charge is 0.393 e. The van der Waals surface area contributed by atoms with Crippen LogP contribution >= 0.6 is 0 Å². The van der Waals surface area contributed by atoms with E-state index >= 15 is 0 Å². The first-order valence-corrected chi connectivity index (χ1v) is 8.63. The van der Waals surface area contributed by atoms with E-state index in [1.165, 1.54) is 24.1 Å². The number of aliphatic hydroxyl groups is 3. The smallest absolute Gasteiger partial charge is 0.256 e. The molecule has 0 saturated carbocycles. The monoisotopic (exact) mass is 385 g/mol. The fraction of sp³-hybridized carbons (Fsp3) is 0.333. The molecule has 4 N–H and O–H groups in total. The van der Waals surface area contributed by atoms with Gasteiger partial charge in [-0.05, 0) is 19.1 Å². The Morgan fingerprint density at radius 2 is 2.00 bits per heavy atom. The molecular weight excluding hydrogens is 366 g/mol. The number of hydrogen-bond donors (Lipinski definition) is 4. The zero-order chi connectivity index (χ0) is 19.9. The van der Waals surface area contributed by atoms with Crippen molar-refractivity contribution in [3.05, 3.63) is 48.5 Å². The van der Waals surface area contributed by atoms with Crippen LogP contribution in [0, 0.1) is 0 Å². The molecule has 146 valence electrons. The standard InChI is InChI=1S/C18H19N5O5/c1-18(7-24)13(26)12(25)17(28-18)23-9-21-11-14(19-8-20-15(11)23)22-16(27)10-5-3-2-4-6-10/h2-6,8-9,12-13,17,24-26H,7H2,1H3,(H,19,20,22,27)/t12-,13?,17+,18+/m0/s1. The molecule has 3 aromatic rings. The van der Waals surface area contributed by atoms with Crippen molar-refractivity contribution in [1.82, 2.24) is 19.5 Å². The highest BCUT2D eigenvalue weighted by atomic mass is 16.6. The van der Waals surface area contributed by atoms with Crippen LogP contribution in [-0.2, 0) is 4.74 Å². The summed E-state index contributed by atoms with van der Waals surface area (Å²) >= 11 is 0. The van der Waals surface area contributed by atoms with Gasteiger partial charge in [-0.3, -0.25) is 9.36 Å². The molecule has 4 rings (SSSR count). The number of nitrogens with zero attached hydrogens (tertiary/aromatic N) is 4. The highest BCUT2D eigenvalue weighted by Crippen LogP contribution is 2.38. The van der Waals surface area contributed by atoms with E-state index in [9.17, 15) is 20.1 Å². The van der Waals surface area contributed by atoms with Crippen molar-refractivity contribution in [3.63, 3.8) is 0 Å². The van der Waals surface area contributed by atoms with Gasteiger partial charge in [-0.25, -0.2) is 15.0 Å². The van der Waals surface area contributed by atoms with E-state index in [1.54, 1.807) is 24.3 Å². The number of ether oxygens (including phenoxy) is 1. The number of imidazole rings is 1. The summed E-state index contributed by atoms with van der Waals surface area (Å²) in [5.74, 6) is -0.147. The fourth-order valence-electron chi connectivity index (χ4n) is 3.18. The molecular formula is C18H19N5O5. The predicted octanol–water partition coefficient (Wildman–Crippen LogP) is 0.0802. The zero-order valence-electron chi connectivity index (χ0n) is 14.9. The van der Waals surface area contributed by atoms with Gasteiger partial charge in [-0.15, -0.1) is 0 Å². The minimum atomic E-state index is -1.32. The minimum Gasteiger partial charge on any atom is -0.393 e. The molecule has 3 heterocycles. The third-order valence-corrected chi connectivity index (χ3v) is 4.85. The van der Waals surface area contributed by atoms with Crippen LogP contribution in [0.5, 0.6) is 0 Å². The Hall–Kier alpha value is -2.92. The van der Waals surface area contributed by atoms with Gasteiger partial charge in [0.15, 0.2) is 23.2 Å². The molecule has 0 radical (unpaired) electrons. The Morgan fingerprint density at radius 3 is 2.68 bits per heavy atom. The van der Waals surface area contributed by atoms with E-state index in [1.807, 2.05) is 6.07 Å². The second kappa shape index (κ2) is 6.91. The quantitative estimate of drug-likeness (QED) is 0.495. The topological polar surface area (TPSA) is 143 Å². The van der Waals surface area contributed by atoms with E-state index < -0.39 is 30.6 Å². The number of nitrogens with one attached hydrogen (secondary N) is 1. The second-order valence-corrected chi connectivity index (χ2v) is 6.78. The maximum atomic E-state index is 12.4. The predicted molar refractivity (Wildman–Crippen MR) is 97.3 cm³/mol. The van der Waals surface area contributed by atoms with Crippen LogP contribution in [-0.4, -0.2) is 65.2 Å². The van der Waals surface area contributed by atoms with Crippen LogP contribution < -0.4 is 5.32 Å². The van der Waals surface area contributed by atoms with Gasteiger partial charge in [0, 0.05) is 5.56 Å². The second-order valence-electron chi connectivity index (χ2n) is 6.78. The van der Waals surface area contributed by atoms with Gasteiger partial charge in [0.2, 0.25) is 0 Å². The molecule has 2 aromatic heterocycles. The maximum absolute atomic E-state index is 12.4. The van der Waals surface area contributed by atoms with Crippen LogP contribution in [0.2, 0.25) is 0 Å². The SMILES string of the molecule is C[C@]1(CO)O[C@@H](n2cnc3c(NC(=O)c4ccccc4)ncnc32)[C@@H](O)C1O. The van der Waals surface area contributed by atoms with Gasteiger partial charge in [-0.1, -0.05) is 18.2 Å². The molecule has 10 heteroatoms. The Kier molecular flexibility index (Phi) is 4.55. The number of benzene rings is 1. The van der Waals surface area contributed by atoms with Crippen LogP contribution in [0.3, 0.4) is 0 Å². The highest BCUT2D eigenvalue weighted by molar-refractivity contribution is 6.06. The Bertz CT molecular complexity index is 1010. The van der Waals surface area contributed by atoms with Crippen molar-refractivity contribution < 1.29 is 24.9 Å². The molecule has 1 fully saturated rings. The number of aliphatic hydroxyl groups excluding tert-OH is 3. The first-order valence-electron chi connectivity index (χ1n) is 8.63. The van der Waals surface area contributed by atoms with Gasteiger partial charge in [0.1, 0.15) is 24.1 Å².